The van der Waals surface area contributed by atoms with Gasteiger partial charge in [-0.3, -0.25) is 9.35 Å². The fourth-order valence-corrected chi connectivity index (χ4v) is 5.21. The molecule has 3 atom stereocenters. The molecule has 1 amide bonds. The number of ether oxygens (including phenoxy) is 1. The number of aromatic hydroxyl groups is 1. The number of β-lactam (4-membered cyclic amide) rings is 1. The van der Waals surface area contributed by atoms with Crippen LogP contribution in [0.4, 0.5) is 14.5 Å². The van der Waals surface area contributed by atoms with Gasteiger partial charge in [0.05, 0.1) is 25.2 Å². The van der Waals surface area contributed by atoms with Crippen molar-refractivity contribution < 1.29 is 40.6 Å². The van der Waals surface area contributed by atoms with Gasteiger partial charge in [0.25, 0.3) is 0 Å². The highest BCUT2D eigenvalue weighted by atomic mass is 32.3. The number of benzene rings is 3. The fraction of sp³-hybridized carbons (Fsp3) is 0.345. The van der Waals surface area contributed by atoms with Crippen molar-refractivity contribution in [3.05, 3.63) is 89.5 Å². The fourth-order valence-electron chi connectivity index (χ4n) is 4.88. The second-order valence-corrected chi connectivity index (χ2v) is 10.9. The third-order valence-corrected chi connectivity index (χ3v) is 7.49. The van der Waals surface area contributed by atoms with Crippen LogP contribution in [0.3, 0.4) is 0 Å². The van der Waals surface area contributed by atoms with Crippen LogP contribution in [0.25, 0.3) is 0 Å². The van der Waals surface area contributed by atoms with Crippen LogP contribution in [0.1, 0.15) is 55.7 Å². The van der Waals surface area contributed by atoms with Crippen LogP contribution in [0, 0.1) is 17.6 Å². The second-order valence-electron chi connectivity index (χ2n) is 9.79. The van der Waals surface area contributed by atoms with Gasteiger partial charge >= 0.3 is 10.4 Å². The number of amides is 1. The van der Waals surface area contributed by atoms with Crippen LogP contribution < -0.4 is 9.64 Å². The Morgan fingerprint density at radius 3 is 2.20 bits per heavy atom. The number of phenols is 1. The molecule has 1 aliphatic rings. The number of rotatable bonds is 13. The zero-order valence-corrected chi connectivity index (χ0v) is 22.7. The Balaban J connectivity index is 1.46. The summed E-state index contributed by atoms with van der Waals surface area (Å²) in [6, 6.07) is 16.2. The lowest BCUT2D eigenvalue weighted by Crippen LogP contribution is -2.55. The van der Waals surface area contributed by atoms with Gasteiger partial charge in [-0.2, -0.15) is 8.42 Å². The van der Waals surface area contributed by atoms with Crippen molar-refractivity contribution in [2.24, 2.45) is 5.92 Å². The Morgan fingerprint density at radius 1 is 0.950 bits per heavy atom. The second kappa shape index (κ2) is 12.8. The predicted molar refractivity (Wildman–Crippen MR) is 145 cm³/mol. The summed E-state index contributed by atoms with van der Waals surface area (Å²) in [5.41, 5.74) is 2.01. The number of carbonyl (C=O) groups is 1. The molecule has 1 fully saturated rings. The topological polar surface area (TPSA) is 113 Å². The van der Waals surface area contributed by atoms with Crippen LogP contribution in [-0.2, 0) is 19.4 Å². The van der Waals surface area contributed by atoms with E-state index in [1.165, 1.54) is 42.5 Å². The molecule has 40 heavy (non-hydrogen) atoms. The molecule has 0 unspecified atom stereocenters. The van der Waals surface area contributed by atoms with E-state index in [1.807, 2.05) is 6.92 Å². The molecule has 1 aliphatic heterocycles. The van der Waals surface area contributed by atoms with E-state index in [0.29, 0.717) is 42.7 Å². The van der Waals surface area contributed by atoms with Crippen molar-refractivity contribution in [1.82, 2.24) is 0 Å². The molecule has 11 heteroatoms. The summed E-state index contributed by atoms with van der Waals surface area (Å²) < 4.78 is 66.5. The molecule has 0 aromatic heterocycles. The van der Waals surface area contributed by atoms with Crippen LogP contribution in [0.15, 0.2) is 66.7 Å². The first kappa shape index (κ1) is 29.4. The van der Waals surface area contributed by atoms with E-state index in [2.05, 4.69) is 4.18 Å². The van der Waals surface area contributed by atoms with Crippen LogP contribution in [0.2, 0.25) is 0 Å². The van der Waals surface area contributed by atoms with E-state index >= 15 is 0 Å². The minimum Gasteiger partial charge on any atom is -0.507 e. The molecule has 2 N–H and O–H groups in total. The highest BCUT2D eigenvalue weighted by Crippen LogP contribution is 2.49. The smallest absolute Gasteiger partial charge is 0.397 e. The highest BCUT2D eigenvalue weighted by Gasteiger charge is 2.49. The van der Waals surface area contributed by atoms with Gasteiger partial charge in [-0.1, -0.05) is 19.1 Å². The predicted octanol–water partition coefficient (Wildman–Crippen LogP) is 5.94. The number of hydrogen-bond acceptors (Lipinski definition) is 6. The Kier molecular flexibility index (Phi) is 9.39. The molecular formula is C29H31F2NO7S. The monoisotopic (exact) mass is 575 g/mol. The maximum absolute atomic E-state index is 13.6. The van der Waals surface area contributed by atoms with E-state index in [-0.39, 0.29) is 36.6 Å². The first-order valence-electron chi connectivity index (χ1n) is 12.9. The first-order valence-corrected chi connectivity index (χ1v) is 14.3. The summed E-state index contributed by atoms with van der Waals surface area (Å²) in [5.74, 6) is -0.879. The molecule has 1 saturated heterocycles. The van der Waals surface area contributed by atoms with Crippen LogP contribution >= 0.6 is 0 Å². The van der Waals surface area contributed by atoms with Gasteiger partial charge in [-0.15, -0.1) is 0 Å². The molecule has 0 spiro atoms. The van der Waals surface area contributed by atoms with Gasteiger partial charge in [0.15, 0.2) is 0 Å². The number of hydrogen-bond donors (Lipinski definition) is 2. The standard InChI is InChI=1S/C29H31F2NO7S/c1-19(20-5-7-21(30)8-6-20)4-14-26-28(32(29(26)34)23-11-9-22(31)10-12-23)25-15-13-24(18-27(25)33)38-16-2-3-17-39-40(35,36)37/h5-13,15,18-19,26,28,33H,2-4,14,16-17H2,1H3,(H,35,36,37)/t19-,26+,28+/m0/s1. The summed E-state index contributed by atoms with van der Waals surface area (Å²) in [5, 5.41) is 10.9. The van der Waals surface area contributed by atoms with E-state index in [4.69, 9.17) is 9.29 Å². The zero-order valence-electron chi connectivity index (χ0n) is 21.9. The SMILES string of the molecule is C[C@@H](CC[C@H]1C(=O)N(c2ccc(F)cc2)[C@@H]1c1ccc(OCCCCOS(=O)(=O)O)cc1O)c1ccc(F)cc1. The van der Waals surface area contributed by atoms with Crippen molar-refractivity contribution in [2.75, 3.05) is 18.1 Å². The molecule has 8 nitrogen and oxygen atoms in total. The number of carbonyl (C=O) groups excluding carboxylic acids is 1. The average molecular weight is 576 g/mol. The minimum absolute atomic E-state index is 0.0617. The van der Waals surface area contributed by atoms with Crippen molar-refractivity contribution in [2.45, 2.75) is 44.6 Å². The normalized spacial score (nSPS) is 17.9. The van der Waals surface area contributed by atoms with E-state index in [1.54, 1.807) is 29.2 Å². The molecule has 0 radical (unpaired) electrons. The van der Waals surface area contributed by atoms with Gasteiger partial charge in [-0.25, -0.2) is 13.0 Å². The van der Waals surface area contributed by atoms with Crippen molar-refractivity contribution in [3.63, 3.8) is 0 Å². The summed E-state index contributed by atoms with van der Waals surface area (Å²) in [7, 11) is -4.47. The first-order chi connectivity index (χ1) is 19.0. The van der Waals surface area contributed by atoms with Gasteiger partial charge in [-0.05, 0) is 85.7 Å². The molecular weight excluding hydrogens is 544 g/mol. The molecule has 3 aromatic rings. The van der Waals surface area contributed by atoms with Gasteiger partial charge in [0.2, 0.25) is 5.91 Å². The lowest BCUT2D eigenvalue weighted by molar-refractivity contribution is -0.130. The quantitative estimate of drug-likeness (QED) is 0.147. The Hall–Kier alpha value is -3.54. The van der Waals surface area contributed by atoms with Gasteiger partial charge in [0, 0.05) is 17.3 Å². The summed E-state index contributed by atoms with van der Waals surface area (Å²) >= 11 is 0. The number of anilines is 1. The maximum atomic E-state index is 13.6. The third kappa shape index (κ3) is 7.35. The maximum Gasteiger partial charge on any atom is 0.397 e. The molecule has 1 heterocycles. The molecule has 0 saturated carbocycles. The number of unbranched alkanes of at least 4 members (excludes halogenated alkanes) is 1. The van der Waals surface area contributed by atoms with E-state index in [9.17, 15) is 27.1 Å². The minimum atomic E-state index is -4.47. The lowest BCUT2D eigenvalue weighted by atomic mass is 9.77. The van der Waals surface area contributed by atoms with E-state index < -0.39 is 28.2 Å². The largest absolute Gasteiger partial charge is 0.507 e. The van der Waals surface area contributed by atoms with Crippen LogP contribution in [-0.4, -0.2) is 37.2 Å². The molecule has 3 aromatic carbocycles. The van der Waals surface area contributed by atoms with Crippen LogP contribution in [0.5, 0.6) is 11.5 Å². The molecule has 214 valence electrons. The lowest BCUT2D eigenvalue weighted by Gasteiger charge is -2.48. The molecule has 0 aliphatic carbocycles. The molecule has 0 bridgehead atoms. The number of nitrogens with zero attached hydrogens (tertiary/aromatic N) is 1. The van der Waals surface area contributed by atoms with Crippen molar-refractivity contribution in [3.8, 4) is 11.5 Å². The van der Waals surface area contributed by atoms with Gasteiger partial charge < -0.3 is 14.7 Å². The zero-order chi connectivity index (χ0) is 28.9. The third-order valence-electron chi connectivity index (χ3n) is 7.03. The van der Waals surface area contributed by atoms with E-state index in [0.717, 1.165) is 5.56 Å². The summed E-state index contributed by atoms with van der Waals surface area (Å²) in [6.45, 7) is 2.06. The average Bonchev–Trinajstić information content (AvgIpc) is 2.90. The van der Waals surface area contributed by atoms with Gasteiger partial charge in [0.1, 0.15) is 23.1 Å². The Labute approximate surface area is 232 Å². The Morgan fingerprint density at radius 2 is 1.57 bits per heavy atom. The number of phenolic OH excluding ortho intramolecular Hbond substituents is 1. The summed E-state index contributed by atoms with van der Waals surface area (Å²) in [6.07, 6.45) is 1.97. The van der Waals surface area contributed by atoms with Crippen molar-refractivity contribution in [1.29, 1.82) is 0 Å². The van der Waals surface area contributed by atoms with Crippen molar-refractivity contribution >= 4 is 22.0 Å². The summed E-state index contributed by atoms with van der Waals surface area (Å²) in [4.78, 5) is 14.9. The Bertz CT molecular complexity index is 1420. The molecule has 4 rings (SSSR count). The highest BCUT2D eigenvalue weighted by molar-refractivity contribution is 7.80. The number of halogens is 2.